The lowest BCUT2D eigenvalue weighted by Gasteiger charge is -2.32. The molecule has 0 fully saturated rings. The highest BCUT2D eigenvalue weighted by Gasteiger charge is 2.25. The van der Waals surface area contributed by atoms with Crippen LogP contribution >= 0.6 is 11.6 Å². The van der Waals surface area contributed by atoms with Crippen molar-refractivity contribution in [3.8, 4) is 6.07 Å². The number of anilines is 1. The molecule has 3 N–H and O–H groups in total. The third kappa shape index (κ3) is 6.21. The van der Waals surface area contributed by atoms with Gasteiger partial charge in [-0.3, -0.25) is 10.1 Å². The number of halogens is 1. The van der Waals surface area contributed by atoms with Crippen LogP contribution in [0.2, 0.25) is 5.02 Å². The molecule has 2 amide bonds. The fraction of sp³-hybridized carbons (Fsp3) is 0.318. The fourth-order valence-corrected chi connectivity index (χ4v) is 2.98. The van der Waals surface area contributed by atoms with E-state index >= 15 is 0 Å². The molecule has 0 atom stereocenters. The van der Waals surface area contributed by atoms with E-state index in [-0.39, 0.29) is 17.9 Å². The largest absolute Gasteiger partial charge is 0.453 e. The number of nitriles is 1. The minimum absolute atomic E-state index is 0.205. The van der Waals surface area contributed by atoms with Gasteiger partial charge in [0.25, 0.3) is 5.91 Å². The van der Waals surface area contributed by atoms with Gasteiger partial charge in [-0.1, -0.05) is 25.4 Å². The van der Waals surface area contributed by atoms with Crippen LogP contribution in [0.3, 0.4) is 0 Å². The van der Waals surface area contributed by atoms with Crippen LogP contribution in [0.15, 0.2) is 42.5 Å². The van der Waals surface area contributed by atoms with Crippen molar-refractivity contribution in [2.75, 3.05) is 25.5 Å². The summed E-state index contributed by atoms with van der Waals surface area (Å²) in [6, 6.07) is 13.5. The summed E-state index contributed by atoms with van der Waals surface area (Å²) in [4.78, 5) is 26.4. The zero-order valence-electron chi connectivity index (χ0n) is 17.2. The van der Waals surface area contributed by atoms with Gasteiger partial charge in [-0.2, -0.15) is 5.26 Å². The van der Waals surface area contributed by atoms with Crippen molar-refractivity contribution in [2.45, 2.75) is 20.4 Å². The lowest BCUT2D eigenvalue weighted by atomic mass is 9.92. The monoisotopic (exact) mass is 428 g/mol. The molecule has 7 nitrogen and oxygen atoms in total. The van der Waals surface area contributed by atoms with Gasteiger partial charge in [0.2, 0.25) is 0 Å². The normalized spacial score (nSPS) is 10.8. The van der Waals surface area contributed by atoms with E-state index in [1.165, 1.54) is 7.11 Å². The van der Waals surface area contributed by atoms with Gasteiger partial charge in [-0.05, 0) is 60.0 Å². The molecule has 8 heteroatoms. The highest BCUT2D eigenvalue weighted by Crippen LogP contribution is 2.25. The molecule has 0 aliphatic carbocycles. The molecule has 30 heavy (non-hydrogen) atoms. The van der Waals surface area contributed by atoms with Crippen LogP contribution in [-0.2, 0) is 11.3 Å². The summed E-state index contributed by atoms with van der Waals surface area (Å²) in [5, 5.41) is 12.0. The quantitative estimate of drug-likeness (QED) is 0.692. The average Bonchev–Trinajstić information content (AvgIpc) is 2.74. The number of nitrogens with one attached hydrogen (secondary N) is 1. The SMILES string of the molecule is COC(=O)Nc1ccc(Cl)c(CN(CC(C)(C)CN)C(=O)c2ccc(C#N)cc2)c1. The molecule has 0 heterocycles. The van der Waals surface area contributed by atoms with Gasteiger partial charge in [0.15, 0.2) is 0 Å². The van der Waals surface area contributed by atoms with Crippen LogP contribution in [0, 0.1) is 16.7 Å². The Hall–Kier alpha value is -3.08. The maximum absolute atomic E-state index is 13.2. The van der Waals surface area contributed by atoms with Crippen molar-refractivity contribution in [1.82, 2.24) is 4.90 Å². The van der Waals surface area contributed by atoms with Gasteiger partial charge in [0, 0.05) is 29.4 Å². The molecule has 0 radical (unpaired) electrons. The van der Waals surface area contributed by atoms with E-state index in [2.05, 4.69) is 10.1 Å². The van der Waals surface area contributed by atoms with Crippen LogP contribution < -0.4 is 11.1 Å². The lowest BCUT2D eigenvalue weighted by molar-refractivity contribution is 0.0673. The first kappa shape index (κ1) is 23.2. The number of carbonyl (C=O) groups excluding carboxylic acids is 2. The predicted octanol–water partition coefficient (Wildman–Crippen LogP) is 4.02. The maximum Gasteiger partial charge on any atom is 0.411 e. The number of hydrogen-bond donors (Lipinski definition) is 2. The molecule has 0 aliphatic heterocycles. The van der Waals surface area contributed by atoms with E-state index in [1.807, 2.05) is 19.9 Å². The topological polar surface area (TPSA) is 108 Å². The predicted molar refractivity (Wildman–Crippen MR) is 116 cm³/mol. The molecule has 2 aromatic carbocycles. The summed E-state index contributed by atoms with van der Waals surface area (Å²) in [7, 11) is 1.28. The molecule has 0 aliphatic rings. The number of amides is 2. The first-order chi connectivity index (χ1) is 14.2. The number of rotatable bonds is 7. The Morgan fingerprint density at radius 1 is 1.23 bits per heavy atom. The fourth-order valence-electron chi connectivity index (χ4n) is 2.80. The van der Waals surface area contributed by atoms with Gasteiger partial charge >= 0.3 is 6.09 Å². The molecular formula is C22H25ClN4O3. The van der Waals surface area contributed by atoms with E-state index in [1.54, 1.807) is 47.4 Å². The maximum atomic E-state index is 13.2. The number of nitrogens with zero attached hydrogens (tertiary/aromatic N) is 2. The van der Waals surface area contributed by atoms with Gasteiger partial charge in [0.1, 0.15) is 0 Å². The van der Waals surface area contributed by atoms with Gasteiger partial charge < -0.3 is 15.4 Å². The third-order valence-electron chi connectivity index (χ3n) is 4.56. The minimum Gasteiger partial charge on any atom is -0.453 e. The standard InChI is InChI=1S/C22H25ClN4O3/c1-22(2,13-25)14-27(20(28)16-6-4-15(11-24)5-7-16)12-17-10-18(8-9-19(17)23)26-21(29)30-3/h4-10H,12-14,25H2,1-3H3,(H,26,29). The first-order valence-electron chi connectivity index (χ1n) is 9.32. The van der Waals surface area contributed by atoms with Crippen LogP contribution in [0.25, 0.3) is 0 Å². The van der Waals surface area contributed by atoms with Crippen molar-refractivity contribution in [1.29, 1.82) is 5.26 Å². The van der Waals surface area contributed by atoms with Crippen molar-refractivity contribution < 1.29 is 14.3 Å². The Balaban J connectivity index is 2.35. The number of methoxy groups -OCH3 is 1. The first-order valence-corrected chi connectivity index (χ1v) is 9.70. The van der Waals surface area contributed by atoms with E-state index in [9.17, 15) is 9.59 Å². The van der Waals surface area contributed by atoms with Gasteiger partial charge in [-0.15, -0.1) is 0 Å². The Morgan fingerprint density at radius 2 is 1.90 bits per heavy atom. The smallest absolute Gasteiger partial charge is 0.411 e. The van der Waals surface area contributed by atoms with Crippen molar-refractivity contribution in [3.63, 3.8) is 0 Å². The van der Waals surface area contributed by atoms with E-state index < -0.39 is 6.09 Å². The zero-order valence-corrected chi connectivity index (χ0v) is 18.0. The Bertz CT molecular complexity index is 952. The number of carbonyl (C=O) groups is 2. The molecular weight excluding hydrogens is 404 g/mol. The lowest BCUT2D eigenvalue weighted by Crippen LogP contribution is -2.41. The molecule has 0 spiro atoms. The number of benzene rings is 2. The number of hydrogen-bond acceptors (Lipinski definition) is 5. The Kier molecular flexibility index (Phi) is 7.81. The second kappa shape index (κ2) is 10.1. The molecule has 0 saturated carbocycles. The Morgan fingerprint density at radius 3 is 2.47 bits per heavy atom. The van der Waals surface area contributed by atoms with Crippen molar-refractivity contribution in [2.24, 2.45) is 11.1 Å². The van der Waals surface area contributed by atoms with Crippen molar-refractivity contribution in [3.05, 3.63) is 64.2 Å². The van der Waals surface area contributed by atoms with Gasteiger partial charge in [0.05, 0.1) is 18.7 Å². The molecule has 158 valence electrons. The molecule has 2 rings (SSSR count). The summed E-state index contributed by atoms with van der Waals surface area (Å²) < 4.78 is 4.62. The average molecular weight is 429 g/mol. The summed E-state index contributed by atoms with van der Waals surface area (Å²) in [6.07, 6.45) is -0.599. The number of nitrogens with two attached hydrogens (primary N) is 1. The third-order valence-corrected chi connectivity index (χ3v) is 4.93. The van der Waals surface area contributed by atoms with E-state index in [4.69, 9.17) is 22.6 Å². The molecule has 0 aromatic heterocycles. The Labute approximate surface area is 181 Å². The van der Waals surface area contributed by atoms with Crippen LogP contribution in [0.1, 0.15) is 35.3 Å². The van der Waals surface area contributed by atoms with Crippen molar-refractivity contribution >= 4 is 29.3 Å². The highest BCUT2D eigenvalue weighted by molar-refractivity contribution is 6.31. The molecule has 2 aromatic rings. The summed E-state index contributed by atoms with van der Waals surface area (Å²) >= 11 is 6.36. The van der Waals surface area contributed by atoms with Gasteiger partial charge in [-0.25, -0.2) is 4.79 Å². The van der Waals surface area contributed by atoms with E-state index in [0.717, 1.165) is 0 Å². The van der Waals surface area contributed by atoms with E-state index in [0.29, 0.717) is 40.5 Å². The second-order valence-corrected chi connectivity index (χ2v) is 8.05. The minimum atomic E-state index is -0.599. The van der Waals surface area contributed by atoms with Crippen LogP contribution in [-0.4, -0.2) is 37.1 Å². The molecule has 0 unspecified atom stereocenters. The molecule has 0 bridgehead atoms. The molecule has 0 saturated heterocycles. The summed E-state index contributed by atoms with van der Waals surface area (Å²) in [5.41, 5.74) is 7.67. The highest BCUT2D eigenvalue weighted by atomic mass is 35.5. The number of ether oxygens (including phenoxy) is 1. The van der Waals surface area contributed by atoms with Crippen LogP contribution in [0.5, 0.6) is 0 Å². The zero-order chi connectivity index (χ0) is 22.3. The second-order valence-electron chi connectivity index (χ2n) is 7.64. The summed E-state index contributed by atoms with van der Waals surface area (Å²) in [6.45, 7) is 4.96. The summed E-state index contributed by atoms with van der Waals surface area (Å²) in [5.74, 6) is -0.205. The van der Waals surface area contributed by atoms with Crippen LogP contribution in [0.4, 0.5) is 10.5 Å².